The predicted molar refractivity (Wildman–Crippen MR) is 159 cm³/mol. The number of carbonyl (C=O) groups is 2. The van der Waals surface area contributed by atoms with Gasteiger partial charge in [-0.2, -0.15) is 0 Å². The number of rotatable bonds is 12. The summed E-state index contributed by atoms with van der Waals surface area (Å²) in [5, 5.41) is 0. The van der Waals surface area contributed by atoms with Crippen LogP contribution < -0.4 is 0 Å². The number of benzene rings is 1. The first-order chi connectivity index (χ1) is 19.4. The highest BCUT2D eigenvalue weighted by molar-refractivity contribution is 5.87. The smallest absolute Gasteiger partial charge is 0.335 e. The maximum absolute atomic E-state index is 13.4. The van der Waals surface area contributed by atoms with E-state index in [1.807, 2.05) is 6.34 Å². The normalized spacial score (nSPS) is 28.0. The van der Waals surface area contributed by atoms with Crippen LogP contribution in [-0.4, -0.2) is 80.1 Å². The Hall–Kier alpha value is -2.41. The fraction of sp³-hybridized carbons (Fsp3) is 0.727. The van der Waals surface area contributed by atoms with Gasteiger partial charge >= 0.3 is 11.9 Å². The average Bonchev–Trinajstić information content (AvgIpc) is 3.35. The molecule has 1 aromatic carbocycles. The van der Waals surface area contributed by atoms with Crippen LogP contribution in [0.2, 0.25) is 0 Å². The third-order valence-electron chi connectivity index (χ3n) is 10.0. The van der Waals surface area contributed by atoms with E-state index in [9.17, 15) is 9.59 Å². The van der Waals surface area contributed by atoms with Gasteiger partial charge in [0.05, 0.1) is 26.6 Å². The lowest BCUT2D eigenvalue weighted by molar-refractivity contribution is -0.150. The quantitative estimate of drug-likeness (QED) is 0.311. The first kappa shape index (κ1) is 30.5. The van der Waals surface area contributed by atoms with Crippen molar-refractivity contribution in [1.29, 1.82) is 0 Å². The number of carbonyl (C=O) groups excluding carboxylic acids is 2. The molecule has 1 heterocycles. The van der Waals surface area contributed by atoms with E-state index in [1.54, 1.807) is 0 Å². The molecule has 0 bridgehead atoms. The van der Waals surface area contributed by atoms with Crippen molar-refractivity contribution >= 4 is 18.3 Å². The van der Waals surface area contributed by atoms with Gasteiger partial charge in [0.1, 0.15) is 0 Å². The zero-order valence-corrected chi connectivity index (χ0v) is 25.2. The molecule has 1 aromatic rings. The molecule has 1 aliphatic heterocycles. The summed E-state index contributed by atoms with van der Waals surface area (Å²) in [5.74, 6) is 0.597. The van der Waals surface area contributed by atoms with Crippen molar-refractivity contribution < 1.29 is 19.1 Å². The molecular formula is C33H51N3O4. The monoisotopic (exact) mass is 553 g/mol. The standard InChI is InChI=1S/C33H51N3O4/c1-35(2)29(20-17-25-11-7-5-8-12-25)27-18-15-26(16-19-27)23-30-33(32(38)40-4,22-21-31(37)39-3)34-24-36(30)28-13-9-6-10-14-28/h5,7-8,11-12,24,26-30H,6,9-10,13-23H2,1-4H3. The molecule has 0 amide bonds. The number of esters is 2. The van der Waals surface area contributed by atoms with Gasteiger partial charge in [-0.05, 0) is 82.9 Å². The third-order valence-corrected chi connectivity index (χ3v) is 10.0. The summed E-state index contributed by atoms with van der Waals surface area (Å²) in [6.45, 7) is 0. The van der Waals surface area contributed by atoms with Gasteiger partial charge in [0.25, 0.3) is 0 Å². The summed E-state index contributed by atoms with van der Waals surface area (Å²) in [6.07, 6.45) is 16.4. The highest BCUT2D eigenvalue weighted by atomic mass is 16.5. The van der Waals surface area contributed by atoms with Crippen molar-refractivity contribution in [2.45, 2.75) is 114 Å². The number of hydrogen-bond donors (Lipinski definition) is 0. The van der Waals surface area contributed by atoms with E-state index < -0.39 is 5.54 Å². The minimum atomic E-state index is -1.04. The Morgan fingerprint density at radius 1 is 1.00 bits per heavy atom. The van der Waals surface area contributed by atoms with Crippen LogP contribution in [0.25, 0.3) is 0 Å². The lowest BCUT2D eigenvalue weighted by Crippen LogP contribution is -2.55. The molecule has 0 radical (unpaired) electrons. The largest absolute Gasteiger partial charge is 0.469 e. The van der Waals surface area contributed by atoms with Crippen LogP contribution in [0.1, 0.15) is 89.0 Å². The van der Waals surface area contributed by atoms with Crippen LogP contribution in [0, 0.1) is 11.8 Å². The number of hydrogen-bond acceptors (Lipinski definition) is 7. The SMILES string of the molecule is COC(=O)CCC1(C(=O)OC)N=CN(C2CCCCC2)C1CC1CCC(C(CCc2ccccc2)N(C)C)CC1. The Balaban J connectivity index is 1.45. The summed E-state index contributed by atoms with van der Waals surface area (Å²) in [6, 6.07) is 11.7. The van der Waals surface area contributed by atoms with Gasteiger partial charge < -0.3 is 19.3 Å². The summed E-state index contributed by atoms with van der Waals surface area (Å²) in [7, 11) is 7.30. The van der Waals surface area contributed by atoms with Gasteiger partial charge in [-0.25, -0.2) is 4.79 Å². The Labute approximate surface area is 241 Å². The van der Waals surface area contributed by atoms with E-state index in [1.165, 1.54) is 71.1 Å². The molecule has 3 atom stereocenters. The number of aryl methyl sites for hydroxylation is 1. The second kappa shape index (κ2) is 14.5. The van der Waals surface area contributed by atoms with E-state index in [-0.39, 0.29) is 24.4 Å². The second-order valence-corrected chi connectivity index (χ2v) is 12.6. The highest BCUT2D eigenvalue weighted by Crippen LogP contribution is 2.43. The highest BCUT2D eigenvalue weighted by Gasteiger charge is 2.54. The molecule has 222 valence electrons. The predicted octanol–water partition coefficient (Wildman–Crippen LogP) is 5.66. The van der Waals surface area contributed by atoms with Crippen LogP contribution in [0.5, 0.6) is 0 Å². The average molecular weight is 554 g/mol. The molecule has 3 aliphatic rings. The van der Waals surface area contributed by atoms with E-state index in [2.05, 4.69) is 54.2 Å². The second-order valence-electron chi connectivity index (χ2n) is 12.6. The van der Waals surface area contributed by atoms with Crippen LogP contribution >= 0.6 is 0 Å². The van der Waals surface area contributed by atoms with Crippen LogP contribution in [0.4, 0.5) is 0 Å². The van der Waals surface area contributed by atoms with Gasteiger partial charge in [0, 0.05) is 18.5 Å². The van der Waals surface area contributed by atoms with Crippen molar-refractivity contribution in [2.24, 2.45) is 16.8 Å². The summed E-state index contributed by atoms with van der Waals surface area (Å²) >= 11 is 0. The van der Waals surface area contributed by atoms with Gasteiger partial charge in [-0.3, -0.25) is 9.79 Å². The molecule has 0 saturated heterocycles. The zero-order chi connectivity index (χ0) is 28.5. The minimum Gasteiger partial charge on any atom is -0.469 e. The number of methoxy groups -OCH3 is 2. The number of ether oxygens (including phenoxy) is 2. The Morgan fingerprint density at radius 3 is 2.33 bits per heavy atom. The number of aliphatic imine (C=N–C) groups is 1. The Bertz CT molecular complexity index is 969. The molecule has 0 aromatic heterocycles. The van der Waals surface area contributed by atoms with Crippen LogP contribution in [0.3, 0.4) is 0 Å². The number of nitrogens with zero attached hydrogens (tertiary/aromatic N) is 3. The van der Waals surface area contributed by atoms with E-state index in [0.717, 1.165) is 25.7 Å². The molecular weight excluding hydrogens is 502 g/mol. The first-order valence-corrected chi connectivity index (χ1v) is 15.6. The van der Waals surface area contributed by atoms with Crippen LogP contribution in [0.15, 0.2) is 35.3 Å². The third kappa shape index (κ3) is 7.26. The maximum atomic E-state index is 13.4. The molecule has 2 aliphatic carbocycles. The Kier molecular flexibility index (Phi) is 11.1. The van der Waals surface area contributed by atoms with Gasteiger partial charge in [0.15, 0.2) is 5.54 Å². The van der Waals surface area contributed by atoms with E-state index in [0.29, 0.717) is 30.3 Å². The maximum Gasteiger partial charge on any atom is 0.335 e. The molecule has 7 heteroatoms. The summed E-state index contributed by atoms with van der Waals surface area (Å²) in [5.41, 5.74) is 0.372. The molecule has 4 rings (SSSR count). The molecule has 2 fully saturated rings. The lowest BCUT2D eigenvalue weighted by Gasteiger charge is -2.43. The molecule has 0 N–H and O–H groups in total. The minimum absolute atomic E-state index is 0.0722. The van der Waals surface area contributed by atoms with Crippen molar-refractivity contribution in [1.82, 2.24) is 9.80 Å². The van der Waals surface area contributed by atoms with E-state index >= 15 is 0 Å². The first-order valence-electron chi connectivity index (χ1n) is 15.6. The zero-order valence-electron chi connectivity index (χ0n) is 25.2. The van der Waals surface area contributed by atoms with E-state index in [4.69, 9.17) is 14.5 Å². The van der Waals surface area contributed by atoms with Gasteiger partial charge in [0.2, 0.25) is 0 Å². The Morgan fingerprint density at radius 2 is 1.70 bits per heavy atom. The fourth-order valence-electron chi connectivity index (χ4n) is 7.72. The van der Waals surface area contributed by atoms with Crippen molar-refractivity contribution in [3.63, 3.8) is 0 Å². The molecule has 3 unspecified atom stereocenters. The molecule has 40 heavy (non-hydrogen) atoms. The lowest BCUT2D eigenvalue weighted by atomic mass is 9.72. The molecule has 7 nitrogen and oxygen atoms in total. The molecule has 0 spiro atoms. The van der Waals surface area contributed by atoms with Crippen molar-refractivity contribution in [2.75, 3.05) is 28.3 Å². The van der Waals surface area contributed by atoms with Gasteiger partial charge in [-0.1, -0.05) is 62.4 Å². The summed E-state index contributed by atoms with van der Waals surface area (Å²) < 4.78 is 10.3. The topological polar surface area (TPSA) is 71.4 Å². The fourth-order valence-corrected chi connectivity index (χ4v) is 7.72. The summed E-state index contributed by atoms with van der Waals surface area (Å²) in [4.78, 5) is 35.3. The van der Waals surface area contributed by atoms with Crippen LogP contribution in [-0.2, 0) is 25.5 Å². The van der Waals surface area contributed by atoms with Crippen molar-refractivity contribution in [3.05, 3.63) is 35.9 Å². The van der Waals surface area contributed by atoms with Gasteiger partial charge in [-0.15, -0.1) is 0 Å². The van der Waals surface area contributed by atoms with Crippen molar-refractivity contribution in [3.8, 4) is 0 Å². The molecule has 2 saturated carbocycles.